The minimum Gasteiger partial charge on any atom is -0.500 e. The van der Waals surface area contributed by atoms with Crippen LogP contribution < -0.4 is 19.6 Å². The Balaban J connectivity index is 1.74. The van der Waals surface area contributed by atoms with Crippen molar-refractivity contribution in [2.45, 2.75) is 0 Å². The van der Waals surface area contributed by atoms with Crippen molar-refractivity contribution in [2.24, 2.45) is 5.10 Å². The fraction of sp³-hybridized carbons (Fsp3) is 0.176. The molecule has 10 nitrogen and oxygen atoms in total. The molecular formula is C17H15N3O7. The number of ether oxygens (including phenoxy) is 3. The standard InChI is InChI=1S/C17H15N3O7/c1-25-15-7-10(6-12(16(15)21)20(23)24)9-18-19-17(22)11-2-3-13-14(8-11)27-5-4-26-13/h2-3,6-9,21H,4-5H2,1H3,(H,19,22)/b18-9+. The van der Waals surface area contributed by atoms with E-state index in [1.54, 1.807) is 12.1 Å². The Morgan fingerprint density at radius 1 is 1.30 bits per heavy atom. The fourth-order valence-corrected chi connectivity index (χ4v) is 2.40. The number of amides is 1. The zero-order valence-corrected chi connectivity index (χ0v) is 14.2. The van der Waals surface area contributed by atoms with Crippen molar-refractivity contribution in [3.05, 3.63) is 51.6 Å². The van der Waals surface area contributed by atoms with Gasteiger partial charge in [-0.2, -0.15) is 5.10 Å². The maximum atomic E-state index is 12.2. The van der Waals surface area contributed by atoms with E-state index in [-0.39, 0.29) is 11.3 Å². The molecule has 2 aromatic carbocycles. The predicted molar refractivity (Wildman–Crippen MR) is 93.8 cm³/mol. The Labute approximate surface area is 153 Å². The Kier molecular flexibility index (Phi) is 5.06. The average Bonchev–Trinajstić information content (AvgIpc) is 2.68. The number of aromatic hydroxyl groups is 1. The summed E-state index contributed by atoms with van der Waals surface area (Å²) in [5.74, 6) is -0.131. The van der Waals surface area contributed by atoms with Gasteiger partial charge in [0, 0.05) is 17.2 Å². The van der Waals surface area contributed by atoms with Gasteiger partial charge in [-0.15, -0.1) is 0 Å². The van der Waals surface area contributed by atoms with E-state index in [9.17, 15) is 20.0 Å². The molecule has 1 aliphatic rings. The van der Waals surface area contributed by atoms with E-state index in [0.29, 0.717) is 30.3 Å². The minimum absolute atomic E-state index is 0.0798. The first-order valence-electron chi connectivity index (χ1n) is 7.78. The van der Waals surface area contributed by atoms with Gasteiger partial charge in [0.05, 0.1) is 18.2 Å². The van der Waals surface area contributed by atoms with E-state index < -0.39 is 22.3 Å². The summed E-state index contributed by atoms with van der Waals surface area (Å²) < 4.78 is 15.7. The molecule has 140 valence electrons. The number of phenols is 1. The van der Waals surface area contributed by atoms with Crippen LogP contribution >= 0.6 is 0 Å². The second kappa shape index (κ2) is 7.60. The third kappa shape index (κ3) is 3.89. The molecule has 0 aromatic heterocycles. The first-order valence-corrected chi connectivity index (χ1v) is 7.78. The molecule has 0 saturated heterocycles. The third-order valence-corrected chi connectivity index (χ3v) is 3.68. The van der Waals surface area contributed by atoms with Crippen LogP contribution in [0.15, 0.2) is 35.4 Å². The number of nitrogens with one attached hydrogen (secondary N) is 1. The van der Waals surface area contributed by atoms with Crippen molar-refractivity contribution in [1.29, 1.82) is 0 Å². The molecule has 0 radical (unpaired) electrons. The fourth-order valence-electron chi connectivity index (χ4n) is 2.40. The molecular weight excluding hydrogens is 358 g/mol. The van der Waals surface area contributed by atoms with E-state index in [0.717, 1.165) is 6.07 Å². The van der Waals surface area contributed by atoms with Crippen molar-refractivity contribution in [3.8, 4) is 23.0 Å². The first-order chi connectivity index (χ1) is 13.0. The molecule has 0 atom stereocenters. The Hall–Kier alpha value is -3.82. The molecule has 1 amide bonds. The van der Waals surface area contributed by atoms with Crippen molar-refractivity contribution >= 4 is 17.8 Å². The summed E-state index contributed by atoms with van der Waals surface area (Å²) in [6.07, 6.45) is 1.20. The lowest BCUT2D eigenvalue weighted by molar-refractivity contribution is -0.386. The number of carbonyl (C=O) groups is 1. The lowest BCUT2D eigenvalue weighted by Gasteiger charge is -2.18. The van der Waals surface area contributed by atoms with Gasteiger partial charge in [-0.05, 0) is 24.3 Å². The molecule has 2 N–H and O–H groups in total. The number of rotatable bonds is 5. The normalized spacial score (nSPS) is 12.6. The number of benzene rings is 2. The second-order valence-electron chi connectivity index (χ2n) is 5.41. The van der Waals surface area contributed by atoms with Crippen molar-refractivity contribution in [2.75, 3.05) is 20.3 Å². The second-order valence-corrected chi connectivity index (χ2v) is 5.41. The highest BCUT2D eigenvalue weighted by Crippen LogP contribution is 2.36. The number of hydrazone groups is 1. The van der Waals surface area contributed by atoms with Gasteiger partial charge >= 0.3 is 5.69 Å². The molecule has 0 bridgehead atoms. The molecule has 0 spiro atoms. The van der Waals surface area contributed by atoms with Crippen molar-refractivity contribution in [3.63, 3.8) is 0 Å². The summed E-state index contributed by atoms with van der Waals surface area (Å²) in [7, 11) is 1.27. The van der Waals surface area contributed by atoms with Gasteiger partial charge in [0.2, 0.25) is 5.75 Å². The lowest BCUT2D eigenvalue weighted by Crippen LogP contribution is -2.19. The molecule has 1 aliphatic heterocycles. The molecule has 0 fully saturated rings. The molecule has 2 aromatic rings. The summed E-state index contributed by atoms with van der Waals surface area (Å²) in [6, 6.07) is 7.18. The number of nitro groups is 1. The summed E-state index contributed by atoms with van der Waals surface area (Å²) in [5.41, 5.74) is 2.36. The van der Waals surface area contributed by atoms with Gasteiger partial charge in [0.1, 0.15) is 13.2 Å². The number of nitro benzene ring substituents is 1. The molecule has 0 unspecified atom stereocenters. The Morgan fingerprint density at radius 2 is 2.04 bits per heavy atom. The zero-order valence-electron chi connectivity index (χ0n) is 14.2. The van der Waals surface area contributed by atoms with Gasteiger partial charge in [-0.1, -0.05) is 0 Å². The minimum atomic E-state index is -0.747. The number of carbonyl (C=O) groups excluding carboxylic acids is 1. The van der Waals surface area contributed by atoms with Crippen molar-refractivity contribution < 1.29 is 29.0 Å². The lowest BCUT2D eigenvalue weighted by atomic mass is 10.2. The molecule has 1 heterocycles. The molecule has 10 heteroatoms. The highest BCUT2D eigenvalue weighted by molar-refractivity contribution is 5.95. The van der Waals surface area contributed by atoms with Crippen LogP contribution in [-0.4, -0.2) is 42.5 Å². The van der Waals surface area contributed by atoms with Gasteiger partial charge in [0.15, 0.2) is 17.2 Å². The number of nitrogens with zero attached hydrogens (tertiary/aromatic N) is 2. The summed E-state index contributed by atoms with van der Waals surface area (Å²) in [6.45, 7) is 0.850. The average molecular weight is 373 g/mol. The van der Waals surface area contributed by atoms with Crippen molar-refractivity contribution in [1.82, 2.24) is 5.43 Å². The van der Waals surface area contributed by atoms with Gasteiger partial charge in [0.25, 0.3) is 5.91 Å². The van der Waals surface area contributed by atoms with Crippen LogP contribution in [-0.2, 0) is 0 Å². The molecule has 0 aliphatic carbocycles. The highest BCUT2D eigenvalue weighted by Gasteiger charge is 2.19. The monoisotopic (exact) mass is 373 g/mol. The Morgan fingerprint density at radius 3 is 2.74 bits per heavy atom. The van der Waals surface area contributed by atoms with E-state index >= 15 is 0 Å². The predicted octanol–water partition coefficient (Wildman–Crippen LogP) is 1.84. The number of fused-ring (bicyclic) bond motifs is 1. The largest absolute Gasteiger partial charge is 0.500 e. The molecule has 0 saturated carbocycles. The molecule has 3 rings (SSSR count). The smallest absolute Gasteiger partial charge is 0.315 e. The van der Waals surface area contributed by atoms with Crippen LogP contribution in [0.25, 0.3) is 0 Å². The Bertz CT molecular complexity index is 927. The van der Waals surface area contributed by atoms with Crippen LogP contribution in [0, 0.1) is 10.1 Å². The number of hydrogen-bond acceptors (Lipinski definition) is 8. The van der Waals surface area contributed by atoms with Gasteiger partial charge in [-0.25, -0.2) is 5.43 Å². The number of methoxy groups -OCH3 is 1. The SMILES string of the molecule is COc1cc(/C=N/NC(=O)c2ccc3c(c2)OCCO3)cc([N+](=O)[O-])c1O. The maximum absolute atomic E-state index is 12.2. The van der Waals surface area contributed by atoms with Gasteiger partial charge < -0.3 is 19.3 Å². The summed E-state index contributed by atoms with van der Waals surface area (Å²) in [5, 5.41) is 24.5. The summed E-state index contributed by atoms with van der Waals surface area (Å²) in [4.78, 5) is 22.4. The van der Waals surface area contributed by atoms with Crippen LogP contribution in [0.4, 0.5) is 5.69 Å². The molecule has 27 heavy (non-hydrogen) atoms. The van der Waals surface area contributed by atoms with E-state index in [1.807, 2.05) is 0 Å². The number of hydrogen-bond donors (Lipinski definition) is 2. The van der Waals surface area contributed by atoms with E-state index in [1.165, 1.54) is 25.5 Å². The van der Waals surface area contributed by atoms with Crippen LogP contribution in [0.2, 0.25) is 0 Å². The first kappa shape index (κ1) is 18.0. The van der Waals surface area contributed by atoms with Crippen LogP contribution in [0.3, 0.4) is 0 Å². The van der Waals surface area contributed by atoms with E-state index in [2.05, 4.69) is 10.5 Å². The maximum Gasteiger partial charge on any atom is 0.315 e. The van der Waals surface area contributed by atoms with Crippen LogP contribution in [0.1, 0.15) is 15.9 Å². The quantitative estimate of drug-likeness (QED) is 0.464. The third-order valence-electron chi connectivity index (χ3n) is 3.68. The summed E-state index contributed by atoms with van der Waals surface area (Å²) >= 11 is 0. The zero-order chi connectivity index (χ0) is 19.4. The van der Waals surface area contributed by atoms with Crippen LogP contribution in [0.5, 0.6) is 23.0 Å². The van der Waals surface area contributed by atoms with Gasteiger partial charge in [-0.3, -0.25) is 14.9 Å². The topological polar surface area (TPSA) is 133 Å². The highest BCUT2D eigenvalue weighted by atomic mass is 16.6. The van der Waals surface area contributed by atoms with E-state index in [4.69, 9.17) is 14.2 Å². The number of phenolic OH excluding ortho intramolecular Hbond substituents is 1.